The summed E-state index contributed by atoms with van der Waals surface area (Å²) in [7, 11) is 3.20. The number of halogens is 3. The summed E-state index contributed by atoms with van der Waals surface area (Å²) in [5.41, 5.74) is 0.619. The molecule has 1 fully saturated rings. The molecule has 42 heavy (non-hydrogen) atoms. The first-order chi connectivity index (χ1) is 20.3. The molecule has 12 heteroatoms. The van der Waals surface area contributed by atoms with Crippen LogP contribution in [0.1, 0.15) is 5.56 Å². The van der Waals surface area contributed by atoms with Crippen LogP contribution in [-0.4, -0.2) is 72.6 Å². The molecule has 0 N–H and O–H groups in total. The van der Waals surface area contributed by atoms with E-state index in [2.05, 4.69) is 15.0 Å². The van der Waals surface area contributed by atoms with Gasteiger partial charge in [-0.2, -0.15) is 5.10 Å². The zero-order valence-electron chi connectivity index (χ0n) is 23.3. The largest absolute Gasteiger partial charge is 0.490 e. The van der Waals surface area contributed by atoms with E-state index in [0.29, 0.717) is 37.0 Å². The Morgan fingerprint density at radius 1 is 1.02 bits per heavy atom. The molecule has 0 bridgehead atoms. The van der Waals surface area contributed by atoms with Crippen molar-refractivity contribution in [1.29, 1.82) is 0 Å². The number of ether oxygens (including phenoxy) is 2. The number of methoxy groups -OCH3 is 1. The van der Waals surface area contributed by atoms with Gasteiger partial charge in [0.05, 0.1) is 6.54 Å². The van der Waals surface area contributed by atoms with E-state index >= 15 is 0 Å². The number of anilines is 2. The zero-order valence-corrected chi connectivity index (χ0v) is 24.0. The van der Waals surface area contributed by atoms with Crippen molar-refractivity contribution in [3.8, 4) is 5.75 Å². The lowest BCUT2D eigenvalue weighted by atomic mass is 9.93. The molecule has 1 unspecified atom stereocenters. The Morgan fingerprint density at radius 3 is 2.36 bits per heavy atom. The molecule has 0 aliphatic carbocycles. The minimum atomic E-state index is -1.30. The summed E-state index contributed by atoms with van der Waals surface area (Å²) in [6.45, 7) is 2.55. The predicted molar refractivity (Wildman–Crippen MR) is 156 cm³/mol. The third-order valence-electron chi connectivity index (χ3n) is 7.42. The highest BCUT2D eigenvalue weighted by Crippen LogP contribution is 2.32. The summed E-state index contributed by atoms with van der Waals surface area (Å²) in [5, 5.41) is 4.74. The Morgan fingerprint density at radius 2 is 1.74 bits per heavy atom. The Hall–Kier alpha value is -4.22. The molecule has 2 amide bonds. The highest BCUT2D eigenvalue weighted by Gasteiger charge is 2.37. The summed E-state index contributed by atoms with van der Waals surface area (Å²) in [5.74, 6) is -0.870. The van der Waals surface area contributed by atoms with Crippen LogP contribution in [0.2, 0.25) is 5.02 Å². The van der Waals surface area contributed by atoms with Gasteiger partial charge in [-0.3, -0.25) is 4.90 Å². The van der Waals surface area contributed by atoms with Crippen LogP contribution in [0.5, 0.6) is 5.75 Å². The molecular weight excluding hydrogens is 566 g/mol. The van der Waals surface area contributed by atoms with Crippen LogP contribution in [0.25, 0.3) is 0 Å². The Labute approximate surface area is 247 Å². The van der Waals surface area contributed by atoms with Crippen LogP contribution in [0.15, 0.2) is 79.4 Å². The number of urea groups is 1. The van der Waals surface area contributed by atoms with E-state index in [-0.39, 0.29) is 24.7 Å². The van der Waals surface area contributed by atoms with Gasteiger partial charge in [-0.1, -0.05) is 17.7 Å². The first kappa shape index (κ1) is 29.3. The second-order valence-electron chi connectivity index (χ2n) is 9.99. The molecule has 1 saturated heterocycles. The SMILES string of the molecule is COC(COc1ccc(N2CCN(C(=O)N(C)c3ccc(Cl)cc3)CC2)cc1)(Cn1cncn1)c1ccc(F)cc1F. The van der Waals surface area contributed by atoms with Gasteiger partial charge in [0, 0.05) is 68.4 Å². The molecule has 0 saturated carbocycles. The van der Waals surface area contributed by atoms with Gasteiger partial charge in [0.2, 0.25) is 0 Å². The van der Waals surface area contributed by atoms with Crippen molar-refractivity contribution >= 4 is 29.0 Å². The van der Waals surface area contributed by atoms with Gasteiger partial charge in [-0.05, 0) is 54.6 Å². The maximum atomic E-state index is 14.9. The summed E-state index contributed by atoms with van der Waals surface area (Å²) in [6, 6.07) is 18.0. The number of carbonyl (C=O) groups excluding carboxylic acids is 1. The van der Waals surface area contributed by atoms with Gasteiger partial charge in [-0.15, -0.1) is 0 Å². The third kappa shape index (κ3) is 6.47. The van der Waals surface area contributed by atoms with Gasteiger partial charge in [0.25, 0.3) is 0 Å². The fourth-order valence-corrected chi connectivity index (χ4v) is 5.10. The van der Waals surface area contributed by atoms with Crippen molar-refractivity contribution in [2.45, 2.75) is 12.1 Å². The minimum Gasteiger partial charge on any atom is -0.490 e. The fraction of sp³-hybridized carbons (Fsp3) is 0.300. The quantitative estimate of drug-likeness (QED) is 0.264. The zero-order chi connectivity index (χ0) is 29.7. The van der Waals surface area contributed by atoms with E-state index in [1.54, 1.807) is 24.1 Å². The third-order valence-corrected chi connectivity index (χ3v) is 7.67. The highest BCUT2D eigenvalue weighted by atomic mass is 35.5. The summed E-state index contributed by atoms with van der Waals surface area (Å²) < 4.78 is 42.0. The lowest BCUT2D eigenvalue weighted by Crippen LogP contribution is -2.52. The first-order valence-electron chi connectivity index (χ1n) is 13.4. The molecule has 3 aromatic carbocycles. The smallest absolute Gasteiger partial charge is 0.324 e. The second-order valence-corrected chi connectivity index (χ2v) is 10.4. The summed E-state index contributed by atoms with van der Waals surface area (Å²) in [6.07, 6.45) is 2.86. The minimum absolute atomic E-state index is 0.0623. The number of aromatic nitrogens is 3. The molecule has 2 heterocycles. The average Bonchev–Trinajstić information content (AvgIpc) is 3.52. The van der Waals surface area contributed by atoms with Gasteiger partial charge < -0.3 is 19.3 Å². The Bertz CT molecular complexity index is 1480. The normalized spacial score (nSPS) is 14.9. The van der Waals surface area contributed by atoms with Crippen molar-refractivity contribution in [1.82, 2.24) is 19.7 Å². The number of hydrogen-bond donors (Lipinski definition) is 0. The van der Waals surface area contributed by atoms with Gasteiger partial charge in [0.15, 0.2) is 0 Å². The number of rotatable bonds is 9. The number of piperazine rings is 1. The van der Waals surface area contributed by atoms with Crippen molar-refractivity contribution in [2.75, 3.05) is 56.7 Å². The molecule has 220 valence electrons. The maximum absolute atomic E-state index is 14.9. The lowest BCUT2D eigenvalue weighted by molar-refractivity contribution is -0.0666. The number of carbonyl (C=O) groups is 1. The van der Waals surface area contributed by atoms with Crippen LogP contribution in [-0.2, 0) is 16.9 Å². The molecular formula is C30H31ClF2N6O3. The van der Waals surface area contributed by atoms with E-state index in [9.17, 15) is 13.6 Å². The molecule has 1 aliphatic rings. The fourth-order valence-electron chi connectivity index (χ4n) is 4.97. The van der Waals surface area contributed by atoms with E-state index in [1.165, 1.54) is 36.6 Å². The molecule has 9 nitrogen and oxygen atoms in total. The topological polar surface area (TPSA) is 76.0 Å². The molecule has 1 aliphatic heterocycles. The van der Waals surface area contributed by atoms with Crippen LogP contribution in [0, 0.1) is 11.6 Å². The monoisotopic (exact) mass is 596 g/mol. The maximum Gasteiger partial charge on any atom is 0.324 e. The van der Waals surface area contributed by atoms with E-state index in [0.717, 1.165) is 17.4 Å². The van der Waals surface area contributed by atoms with Crippen molar-refractivity contribution < 1.29 is 23.0 Å². The number of benzene rings is 3. The van der Waals surface area contributed by atoms with Crippen LogP contribution >= 0.6 is 11.6 Å². The highest BCUT2D eigenvalue weighted by molar-refractivity contribution is 6.30. The second kappa shape index (κ2) is 12.7. The van der Waals surface area contributed by atoms with Gasteiger partial charge in [0.1, 0.15) is 42.2 Å². The van der Waals surface area contributed by atoms with Crippen molar-refractivity contribution in [2.24, 2.45) is 0 Å². The molecule has 4 aromatic rings. The molecule has 0 spiro atoms. The van der Waals surface area contributed by atoms with Crippen molar-refractivity contribution in [3.63, 3.8) is 0 Å². The number of hydrogen-bond acceptors (Lipinski definition) is 6. The molecule has 5 rings (SSSR count). The lowest BCUT2D eigenvalue weighted by Gasteiger charge is -2.37. The van der Waals surface area contributed by atoms with E-state index < -0.39 is 17.2 Å². The van der Waals surface area contributed by atoms with Gasteiger partial charge >= 0.3 is 6.03 Å². The summed E-state index contributed by atoms with van der Waals surface area (Å²) >= 11 is 5.97. The number of amides is 2. The van der Waals surface area contributed by atoms with Crippen LogP contribution in [0.3, 0.4) is 0 Å². The standard InChI is InChI=1S/C30H31ClF2N6O3/c1-36(24-6-3-22(31)4-7-24)29(40)38-15-13-37(14-16-38)25-8-10-26(11-9-25)42-19-30(41-2,18-39-21-34-20-35-39)27-12-5-23(32)17-28(27)33/h3-12,17,20-21H,13-16,18-19H2,1-2H3. The first-order valence-corrected chi connectivity index (χ1v) is 13.7. The molecule has 1 aromatic heterocycles. The molecule has 1 atom stereocenters. The number of nitrogens with zero attached hydrogens (tertiary/aromatic N) is 6. The van der Waals surface area contributed by atoms with E-state index in [1.807, 2.05) is 41.3 Å². The van der Waals surface area contributed by atoms with E-state index in [4.69, 9.17) is 21.1 Å². The molecule has 0 radical (unpaired) electrons. The van der Waals surface area contributed by atoms with Crippen molar-refractivity contribution in [3.05, 3.63) is 102 Å². The van der Waals surface area contributed by atoms with Gasteiger partial charge in [-0.25, -0.2) is 23.2 Å². The average molecular weight is 597 g/mol. The Balaban J connectivity index is 1.22. The van der Waals surface area contributed by atoms with Crippen LogP contribution in [0.4, 0.5) is 25.0 Å². The predicted octanol–water partition coefficient (Wildman–Crippen LogP) is 5.21. The Kier molecular flexibility index (Phi) is 8.89. The summed E-state index contributed by atoms with van der Waals surface area (Å²) in [4.78, 5) is 22.6. The van der Waals surface area contributed by atoms with Crippen LogP contribution < -0.4 is 14.5 Å².